The number of rotatable bonds is 6. The van der Waals surface area contributed by atoms with Crippen LogP contribution in [0.4, 0.5) is 0 Å². The lowest BCUT2D eigenvalue weighted by Gasteiger charge is -2.14. The number of hydrogen-bond donors (Lipinski definition) is 4. The fraction of sp³-hybridized carbons (Fsp3) is 0.250. The van der Waals surface area contributed by atoms with Crippen LogP contribution in [0.25, 0.3) is 10.8 Å². The lowest BCUT2D eigenvalue weighted by molar-refractivity contribution is -0.135. The first-order chi connectivity index (χ1) is 11.0. The van der Waals surface area contributed by atoms with Crippen molar-refractivity contribution in [3.8, 4) is 5.75 Å². The Morgan fingerprint density at radius 2 is 1.96 bits per heavy atom. The molecule has 7 heteroatoms. The van der Waals surface area contributed by atoms with Crippen LogP contribution >= 0.6 is 11.6 Å². The molecule has 0 heterocycles. The van der Waals surface area contributed by atoms with E-state index in [-0.39, 0.29) is 16.9 Å². The largest absolute Gasteiger partial charge is 0.507 e. The Balaban J connectivity index is 2.53. The van der Waals surface area contributed by atoms with Crippen molar-refractivity contribution < 1.29 is 24.9 Å². The molecule has 2 rings (SSSR count). The van der Waals surface area contributed by atoms with Crippen LogP contribution < -0.4 is 5.32 Å². The smallest absolute Gasteiger partial charge is 0.322 e. The van der Waals surface area contributed by atoms with Crippen molar-refractivity contribution in [1.82, 2.24) is 5.32 Å². The zero-order chi connectivity index (χ0) is 17.0. The minimum Gasteiger partial charge on any atom is -0.507 e. The molecule has 0 aliphatic heterocycles. The van der Waals surface area contributed by atoms with E-state index >= 15 is 0 Å². The Labute approximate surface area is 137 Å². The molecule has 0 aromatic heterocycles. The van der Waals surface area contributed by atoms with E-state index in [1.54, 1.807) is 6.07 Å². The molecule has 4 N–H and O–H groups in total. The molecule has 0 fully saturated rings. The van der Waals surface area contributed by atoms with E-state index in [1.165, 1.54) is 6.07 Å². The predicted molar refractivity (Wildman–Crippen MR) is 85.9 cm³/mol. The number of phenolic OH excluding ortho intramolecular Hbond substituents is 1. The van der Waals surface area contributed by atoms with E-state index in [1.807, 2.05) is 12.1 Å². The minimum atomic E-state index is -1.20. The van der Waals surface area contributed by atoms with E-state index in [0.717, 1.165) is 5.56 Å². The van der Waals surface area contributed by atoms with Crippen molar-refractivity contribution in [2.45, 2.75) is 13.0 Å². The van der Waals surface area contributed by atoms with Gasteiger partial charge >= 0.3 is 5.97 Å². The van der Waals surface area contributed by atoms with Crippen LogP contribution in [0.3, 0.4) is 0 Å². The maximum Gasteiger partial charge on any atom is 0.322 e. The Hall–Kier alpha value is -2.31. The molecular formula is C16H16ClNO5. The molecule has 122 valence electrons. The van der Waals surface area contributed by atoms with Crippen molar-refractivity contribution in [1.29, 1.82) is 0 Å². The molecule has 0 radical (unpaired) electrons. The number of alkyl halides is 1. The number of carboxylic acids is 1. The quantitative estimate of drug-likeness (QED) is 0.599. The van der Waals surface area contributed by atoms with Gasteiger partial charge in [0.2, 0.25) is 0 Å². The molecule has 23 heavy (non-hydrogen) atoms. The molecule has 0 aliphatic carbocycles. The Kier molecular flexibility index (Phi) is 5.41. The third-order valence-corrected chi connectivity index (χ3v) is 3.65. The highest BCUT2D eigenvalue weighted by molar-refractivity contribution is 6.18. The third-order valence-electron chi connectivity index (χ3n) is 3.46. The second-order valence-electron chi connectivity index (χ2n) is 4.98. The standard InChI is InChI=1S/C16H16ClNO5/c17-4-3-9-1-2-11-10(5-9)6-13(20)15(12(11)8-19)16(23)18-7-14(21)22/h1-2,5-6,19-20H,3-4,7-8H2,(H,18,23)(H,21,22). The number of aryl methyl sites for hydroxylation is 1. The van der Waals surface area contributed by atoms with E-state index in [4.69, 9.17) is 16.7 Å². The molecule has 0 saturated heterocycles. The van der Waals surface area contributed by atoms with Crippen LogP contribution in [0, 0.1) is 0 Å². The molecule has 0 aliphatic rings. The normalized spacial score (nSPS) is 10.7. The van der Waals surface area contributed by atoms with Gasteiger partial charge < -0.3 is 20.6 Å². The summed E-state index contributed by atoms with van der Waals surface area (Å²) in [5.74, 6) is -1.80. The Morgan fingerprint density at radius 3 is 2.57 bits per heavy atom. The van der Waals surface area contributed by atoms with Crippen LogP contribution in [0.5, 0.6) is 5.75 Å². The highest BCUT2D eigenvalue weighted by Crippen LogP contribution is 2.31. The predicted octanol–water partition coefficient (Wildman–Crippen LogP) is 1.63. The maximum absolute atomic E-state index is 12.1. The molecule has 6 nitrogen and oxygen atoms in total. The molecule has 1 amide bonds. The molecule has 0 spiro atoms. The van der Waals surface area contributed by atoms with Gasteiger partial charge in [-0.15, -0.1) is 11.6 Å². The summed E-state index contributed by atoms with van der Waals surface area (Å²) in [6.07, 6.45) is 0.660. The summed E-state index contributed by atoms with van der Waals surface area (Å²) in [6, 6.07) is 6.83. The first-order valence-corrected chi connectivity index (χ1v) is 7.45. The number of carboxylic acid groups (broad SMARTS) is 1. The zero-order valence-corrected chi connectivity index (χ0v) is 12.9. The topological polar surface area (TPSA) is 107 Å². The van der Waals surface area contributed by atoms with Crippen LogP contribution in [0.15, 0.2) is 24.3 Å². The highest BCUT2D eigenvalue weighted by atomic mass is 35.5. The summed E-state index contributed by atoms with van der Waals surface area (Å²) >= 11 is 5.71. The van der Waals surface area contributed by atoms with Crippen LogP contribution in [0.1, 0.15) is 21.5 Å². The fourth-order valence-electron chi connectivity index (χ4n) is 2.44. The number of aliphatic hydroxyl groups is 1. The Bertz CT molecular complexity index is 760. The number of aromatic hydroxyl groups is 1. The number of benzene rings is 2. The fourth-order valence-corrected chi connectivity index (χ4v) is 2.66. The number of halogens is 1. The summed E-state index contributed by atoms with van der Waals surface area (Å²) in [5.41, 5.74) is 1.10. The number of aliphatic hydroxyl groups excluding tert-OH is 1. The first-order valence-electron chi connectivity index (χ1n) is 6.92. The summed E-state index contributed by atoms with van der Waals surface area (Å²) in [5, 5.41) is 31.8. The lowest BCUT2D eigenvalue weighted by atomic mass is 9.96. The number of amides is 1. The molecule has 0 saturated carbocycles. The van der Waals surface area contributed by atoms with Crippen molar-refractivity contribution in [3.05, 3.63) is 41.0 Å². The number of carbonyl (C=O) groups is 2. The van der Waals surface area contributed by atoms with E-state index in [2.05, 4.69) is 5.32 Å². The van der Waals surface area contributed by atoms with Gasteiger partial charge in [-0.05, 0) is 28.8 Å². The summed E-state index contributed by atoms with van der Waals surface area (Å²) < 4.78 is 0. The van der Waals surface area contributed by atoms with Gasteiger partial charge in [0.15, 0.2) is 0 Å². The zero-order valence-electron chi connectivity index (χ0n) is 12.2. The van der Waals surface area contributed by atoms with Gasteiger partial charge in [-0.25, -0.2) is 0 Å². The maximum atomic E-state index is 12.1. The number of aliphatic carboxylic acids is 1. The summed E-state index contributed by atoms with van der Waals surface area (Å²) in [4.78, 5) is 22.6. The molecule has 0 bridgehead atoms. The van der Waals surface area contributed by atoms with Gasteiger partial charge in [-0.2, -0.15) is 0 Å². The van der Waals surface area contributed by atoms with E-state index < -0.39 is 25.0 Å². The van der Waals surface area contributed by atoms with Crippen molar-refractivity contribution in [2.75, 3.05) is 12.4 Å². The highest BCUT2D eigenvalue weighted by Gasteiger charge is 2.19. The minimum absolute atomic E-state index is 0.119. The van der Waals surface area contributed by atoms with Crippen molar-refractivity contribution in [3.63, 3.8) is 0 Å². The van der Waals surface area contributed by atoms with Crippen molar-refractivity contribution >= 4 is 34.2 Å². The Morgan fingerprint density at radius 1 is 1.22 bits per heavy atom. The van der Waals surface area contributed by atoms with Gasteiger partial charge in [-0.1, -0.05) is 18.2 Å². The van der Waals surface area contributed by atoms with Gasteiger partial charge in [-0.3, -0.25) is 9.59 Å². The lowest BCUT2D eigenvalue weighted by Crippen LogP contribution is -2.30. The van der Waals surface area contributed by atoms with Gasteiger partial charge in [0.1, 0.15) is 12.3 Å². The second-order valence-corrected chi connectivity index (χ2v) is 5.36. The molecule has 2 aromatic carbocycles. The number of phenols is 1. The van der Waals surface area contributed by atoms with Crippen LogP contribution in [-0.4, -0.2) is 39.6 Å². The third kappa shape index (κ3) is 3.72. The average molecular weight is 338 g/mol. The number of nitrogens with one attached hydrogen (secondary N) is 1. The summed E-state index contributed by atoms with van der Waals surface area (Å²) in [6.45, 7) is -1.04. The second kappa shape index (κ2) is 7.30. The number of hydrogen-bond acceptors (Lipinski definition) is 4. The molecule has 2 aromatic rings. The van der Waals surface area contributed by atoms with Gasteiger partial charge in [0.05, 0.1) is 12.2 Å². The van der Waals surface area contributed by atoms with Gasteiger partial charge in [0, 0.05) is 11.4 Å². The molecule has 0 atom stereocenters. The number of fused-ring (bicyclic) bond motifs is 1. The SMILES string of the molecule is O=C(O)CNC(=O)c1c(O)cc2cc(CCCl)ccc2c1CO. The summed E-state index contributed by atoms with van der Waals surface area (Å²) in [7, 11) is 0. The monoisotopic (exact) mass is 337 g/mol. The van der Waals surface area contributed by atoms with Crippen molar-refractivity contribution in [2.24, 2.45) is 0 Å². The average Bonchev–Trinajstić information content (AvgIpc) is 2.51. The van der Waals surface area contributed by atoms with E-state index in [9.17, 15) is 19.8 Å². The van der Waals surface area contributed by atoms with Crippen LogP contribution in [-0.2, 0) is 17.8 Å². The van der Waals surface area contributed by atoms with Gasteiger partial charge in [0.25, 0.3) is 5.91 Å². The molecule has 0 unspecified atom stereocenters. The number of carbonyl (C=O) groups excluding carboxylic acids is 1. The molecular weight excluding hydrogens is 322 g/mol. The van der Waals surface area contributed by atoms with E-state index in [0.29, 0.717) is 23.1 Å². The van der Waals surface area contributed by atoms with Crippen LogP contribution in [0.2, 0.25) is 0 Å². The first kappa shape index (κ1) is 17.1.